The van der Waals surface area contributed by atoms with Gasteiger partial charge in [0, 0.05) is 27.6 Å². The lowest BCUT2D eigenvalue weighted by Crippen LogP contribution is -2.13. The van der Waals surface area contributed by atoms with E-state index >= 15 is 0 Å². The third kappa shape index (κ3) is 4.94. The second kappa shape index (κ2) is 8.32. The lowest BCUT2D eigenvalue weighted by Gasteiger charge is -2.10. The van der Waals surface area contributed by atoms with Gasteiger partial charge >= 0.3 is 0 Å². The van der Waals surface area contributed by atoms with Gasteiger partial charge in [0.2, 0.25) is 0 Å². The van der Waals surface area contributed by atoms with Crippen molar-refractivity contribution in [3.63, 3.8) is 0 Å². The number of hydrogen-bond acceptors (Lipinski definition) is 4. The molecule has 0 saturated heterocycles. The summed E-state index contributed by atoms with van der Waals surface area (Å²) in [6.07, 6.45) is 2.66. The van der Waals surface area contributed by atoms with Gasteiger partial charge in [-0.25, -0.2) is 4.98 Å². The van der Waals surface area contributed by atoms with Crippen LogP contribution in [-0.4, -0.2) is 16.1 Å². The number of nitrogens with one attached hydrogen (secondary N) is 1. The first-order chi connectivity index (χ1) is 12.1. The van der Waals surface area contributed by atoms with Gasteiger partial charge < -0.3 is 0 Å². The highest BCUT2D eigenvalue weighted by molar-refractivity contribution is 8.00. The van der Waals surface area contributed by atoms with Crippen LogP contribution in [0.4, 0.5) is 5.13 Å². The second-order valence-corrected chi connectivity index (χ2v) is 8.64. The molecule has 25 heavy (non-hydrogen) atoms. The Bertz CT molecular complexity index is 844. The number of carbonyl (C=O) groups excluding carboxylic acids is 1. The van der Waals surface area contributed by atoms with Crippen molar-refractivity contribution in [1.29, 1.82) is 0 Å². The van der Waals surface area contributed by atoms with E-state index in [0.29, 0.717) is 15.9 Å². The average Bonchev–Trinajstić information content (AvgIpc) is 3.02. The molecule has 1 heterocycles. The van der Waals surface area contributed by atoms with E-state index in [1.54, 1.807) is 11.8 Å². The molecule has 0 atom stereocenters. The Labute approximate surface area is 156 Å². The van der Waals surface area contributed by atoms with E-state index in [2.05, 4.69) is 36.3 Å². The third-order valence-electron chi connectivity index (χ3n) is 3.49. The van der Waals surface area contributed by atoms with Gasteiger partial charge in [0.25, 0.3) is 5.91 Å². The van der Waals surface area contributed by atoms with Crippen LogP contribution in [0.5, 0.6) is 0 Å². The predicted octanol–water partition coefficient (Wildman–Crippen LogP) is 5.49. The van der Waals surface area contributed by atoms with Crippen LogP contribution in [0.3, 0.4) is 0 Å². The van der Waals surface area contributed by atoms with E-state index in [-0.39, 0.29) is 5.91 Å². The van der Waals surface area contributed by atoms with Crippen molar-refractivity contribution in [3.05, 3.63) is 76.8 Å². The van der Waals surface area contributed by atoms with Crippen molar-refractivity contribution in [2.24, 2.45) is 0 Å². The number of rotatable bonds is 6. The van der Waals surface area contributed by atoms with Crippen molar-refractivity contribution < 1.29 is 4.79 Å². The number of amides is 1. The van der Waals surface area contributed by atoms with Crippen molar-refractivity contribution in [1.82, 2.24) is 4.98 Å². The number of hydrogen-bond donors (Lipinski definition) is 1. The monoisotopic (exact) mass is 368 g/mol. The highest BCUT2D eigenvalue weighted by atomic mass is 32.2. The van der Waals surface area contributed by atoms with Crippen LogP contribution in [-0.2, 0) is 6.42 Å². The van der Waals surface area contributed by atoms with Crippen LogP contribution in [0.15, 0.2) is 65.7 Å². The van der Waals surface area contributed by atoms with Crippen LogP contribution in [0.25, 0.3) is 0 Å². The van der Waals surface area contributed by atoms with Gasteiger partial charge in [-0.1, -0.05) is 56.3 Å². The number of aromatic nitrogens is 1. The van der Waals surface area contributed by atoms with E-state index in [1.807, 2.05) is 48.7 Å². The molecule has 0 aliphatic rings. The molecule has 1 N–H and O–H groups in total. The zero-order valence-corrected chi connectivity index (χ0v) is 15.9. The summed E-state index contributed by atoms with van der Waals surface area (Å²) < 4.78 is 0. The minimum absolute atomic E-state index is 0.107. The molecule has 3 rings (SSSR count). The average molecular weight is 369 g/mol. The fraction of sp³-hybridized carbons (Fsp3) is 0.200. The lowest BCUT2D eigenvalue weighted by atomic mass is 10.1. The fourth-order valence-corrected chi connectivity index (χ4v) is 4.21. The number of thioether (sulfide) groups is 1. The molecule has 0 saturated carbocycles. The normalized spacial score (nSPS) is 10.8. The van der Waals surface area contributed by atoms with Gasteiger partial charge in [0.05, 0.1) is 5.56 Å². The standard InChI is InChI=1S/C20H20N2OS2/c1-14(2)24-18-11-7-6-10-17(18)19(23)22-20-21-13-16(25-20)12-15-8-4-3-5-9-15/h3-11,13-14H,12H2,1-2H3,(H,21,22,23). The van der Waals surface area contributed by atoms with Crippen LogP contribution < -0.4 is 5.32 Å². The molecule has 0 fully saturated rings. The van der Waals surface area contributed by atoms with Crippen molar-refractivity contribution in [2.45, 2.75) is 30.4 Å². The van der Waals surface area contributed by atoms with E-state index in [9.17, 15) is 4.79 Å². The molecular formula is C20H20N2OS2. The van der Waals surface area contributed by atoms with Crippen molar-refractivity contribution >= 4 is 34.1 Å². The molecule has 0 aliphatic carbocycles. The zero-order chi connectivity index (χ0) is 17.6. The van der Waals surface area contributed by atoms with Crippen molar-refractivity contribution in [2.75, 3.05) is 5.32 Å². The molecule has 0 aliphatic heterocycles. The largest absolute Gasteiger partial charge is 0.298 e. The first-order valence-electron chi connectivity index (χ1n) is 8.17. The van der Waals surface area contributed by atoms with Gasteiger partial charge in [-0.15, -0.1) is 23.1 Å². The van der Waals surface area contributed by atoms with Crippen LogP contribution in [0.1, 0.15) is 34.6 Å². The molecule has 0 spiro atoms. The summed E-state index contributed by atoms with van der Waals surface area (Å²) >= 11 is 3.21. The Morgan fingerprint density at radius 1 is 1.12 bits per heavy atom. The summed E-state index contributed by atoms with van der Waals surface area (Å²) in [7, 11) is 0. The van der Waals surface area contributed by atoms with Gasteiger partial charge in [-0.2, -0.15) is 0 Å². The molecule has 5 heteroatoms. The first kappa shape index (κ1) is 17.7. The molecule has 3 aromatic rings. The van der Waals surface area contributed by atoms with Gasteiger partial charge in [0.1, 0.15) is 0 Å². The van der Waals surface area contributed by atoms with Gasteiger partial charge in [-0.3, -0.25) is 10.1 Å². The summed E-state index contributed by atoms with van der Waals surface area (Å²) in [5.74, 6) is -0.107. The molecule has 1 aromatic heterocycles. The summed E-state index contributed by atoms with van der Waals surface area (Å²) in [6, 6.07) is 18.0. The third-order valence-corrected chi connectivity index (χ3v) is 5.48. The maximum Gasteiger partial charge on any atom is 0.258 e. The smallest absolute Gasteiger partial charge is 0.258 e. The van der Waals surface area contributed by atoms with E-state index in [4.69, 9.17) is 0 Å². The summed E-state index contributed by atoms with van der Waals surface area (Å²) in [5, 5.41) is 3.99. The zero-order valence-electron chi connectivity index (χ0n) is 14.2. The Balaban J connectivity index is 1.70. The fourth-order valence-electron chi connectivity index (χ4n) is 2.42. The molecule has 3 nitrogen and oxygen atoms in total. The van der Waals surface area contributed by atoms with E-state index < -0.39 is 0 Å². The number of thiazole rings is 1. The van der Waals surface area contributed by atoms with Crippen LogP contribution in [0.2, 0.25) is 0 Å². The summed E-state index contributed by atoms with van der Waals surface area (Å²) in [6.45, 7) is 4.24. The van der Waals surface area contributed by atoms with Gasteiger partial charge in [-0.05, 0) is 17.7 Å². The second-order valence-electron chi connectivity index (χ2n) is 5.91. The Morgan fingerprint density at radius 2 is 1.84 bits per heavy atom. The number of nitrogens with zero attached hydrogens (tertiary/aromatic N) is 1. The minimum atomic E-state index is -0.107. The number of carbonyl (C=O) groups is 1. The molecule has 0 unspecified atom stereocenters. The number of benzene rings is 2. The maximum atomic E-state index is 12.6. The van der Waals surface area contributed by atoms with Crippen LogP contribution in [0, 0.1) is 0 Å². The highest BCUT2D eigenvalue weighted by Crippen LogP contribution is 2.28. The molecule has 128 valence electrons. The summed E-state index contributed by atoms with van der Waals surface area (Å²) in [4.78, 5) is 19.1. The molecule has 0 bridgehead atoms. The van der Waals surface area contributed by atoms with Crippen molar-refractivity contribution in [3.8, 4) is 0 Å². The quantitative estimate of drug-likeness (QED) is 0.585. The molecule has 0 radical (unpaired) electrons. The molecular weight excluding hydrogens is 348 g/mol. The topological polar surface area (TPSA) is 42.0 Å². The first-order valence-corrected chi connectivity index (χ1v) is 9.87. The maximum absolute atomic E-state index is 12.6. The van der Waals surface area contributed by atoms with Crippen LogP contribution >= 0.6 is 23.1 Å². The Kier molecular flexibility index (Phi) is 5.89. The summed E-state index contributed by atoms with van der Waals surface area (Å²) in [5.41, 5.74) is 1.93. The molecule has 2 aromatic carbocycles. The lowest BCUT2D eigenvalue weighted by molar-refractivity contribution is 0.102. The van der Waals surface area contributed by atoms with E-state index in [1.165, 1.54) is 16.9 Å². The Hall–Kier alpha value is -2.11. The number of anilines is 1. The Morgan fingerprint density at radius 3 is 2.60 bits per heavy atom. The minimum Gasteiger partial charge on any atom is -0.298 e. The van der Waals surface area contributed by atoms with Gasteiger partial charge in [0.15, 0.2) is 5.13 Å². The highest BCUT2D eigenvalue weighted by Gasteiger charge is 2.14. The SMILES string of the molecule is CC(C)Sc1ccccc1C(=O)Nc1ncc(Cc2ccccc2)s1. The van der Waals surface area contributed by atoms with E-state index in [0.717, 1.165) is 16.2 Å². The predicted molar refractivity (Wildman–Crippen MR) is 107 cm³/mol. The molecule has 1 amide bonds.